The highest BCUT2D eigenvalue weighted by Crippen LogP contribution is 2.25. The molecule has 172 valence electrons. The van der Waals surface area contributed by atoms with E-state index in [4.69, 9.17) is 9.84 Å². The number of aromatic nitrogens is 5. The number of pyridine rings is 2. The van der Waals surface area contributed by atoms with Gasteiger partial charge in [-0.05, 0) is 26.0 Å². The minimum Gasteiger partial charge on any atom is -0.465 e. The molecule has 0 saturated carbocycles. The van der Waals surface area contributed by atoms with Crippen LogP contribution < -0.4 is 16.0 Å². The normalized spacial score (nSPS) is 12.5. The number of methoxy groups -OCH3 is 1. The van der Waals surface area contributed by atoms with E-state index in [9.17, 15) is 14.4 Å². The van der Waals surface area contributed by atoms with E-state index in [0.717, 1.165) is 6.07 Å². The largest absolute Gasteiger partial charge is 0.465 e. The minimum absolute atomic E-state index is 0.0302. The second-order valence-corrected chi connectivity index (χ2v) is 7.04. The number of ether oxygens (including phenoxy) is 1. The highest BCUT2D eigenvalue weighted by Gasteiger charge is 2.22. The molecule has 0 aliphatic heterocycles. The van der Waals surface area contributed by atoms with Crippen molar-refractivity contribution in [2.24, 2.45) is 0 Å². The summed E-state index contributed by atoms with van der Waals surface area (Å²) >= 11 is 0. The van der Waals surface area contributed by atoms with Crippen molar-refractivity contribution in [2.75, 3.05) is 24.4 Å². The number of aryl methyl sites for hydroxylation is 1. The van der Waals surface area contributed by atoms with Gasteiger partial charge in [-0.1, -0.05) is 0 Å². The number of nitrogens with one attached hydrogen (secondary N) is 3. The summed E-state index contributed by atoms with van der Waals surface area (Å²) in [6.45, 7) is 3.48. The summed E-state index contributed by atoms with van der Waals surface area (Å²) in [4.78, 5) is 20.9. The van der Waals surface area contributed by atoms with E-state index >= 15 is 0 Å². The standard InChI is InChI=1S/C20H22FN9O3/c1-11(26-20(31)32)16(10-33-3)28-19-15(21)6-13(8-22)18(29-19)27-14-7-17(12(2)23-9-14)30-24-4-5-25-30/h4-7,9,11,16,26H,10H2,1-3H3,(H,31,32)(H2,27,28,29)/t11-,16+/m0/s1. The van der Waals surface area contributed by atoms with Crippen LogP contribution in [0.2, 0.25) is 0 Å². The van der Waals surface area contributed by atoms with Gasteiger partial charge in [0.05, 0.1) is 54.2 Å². The molecule has 3 aromatic rings. The number of halogens is 1. The van der Waals surface area contributed by atoms with Gasteiger partial charge in [0.15, 0.2) is 17.5 Å². The molecule has 0 saturated heterocycles. The molecule has 0 aliphatic carbocycles. The third kappa shape index (κ3) is 5.69. The Morgan fingerprint density at radius 3 is 2.70 bits per heavy atom. The molecule has 13 heteroatoms. The lowest BCUT2D eigenvalue weighted by Crippen LogP contribution is -2.47. The van der Waals surface area contributed by atoms with Gasteiger partial charge in [0, 0.05) is 7.11 Å². The molecule has 12 nitrogen and oxygen atoms in total. The van der Waals surface area contributed by atoms with Crippen LogP contribution in [-0.4, -0.2) is 62.0 Å². The summed E-state index contributed by atoms with van der Waals surface area (Å²) in [5.41, 5.74) is 1.73. The van der Waals surface area contributed by atoms with Crippen LogP contribution in [0.4, 0.5) is 26.5 Å². The van der Waals surface area contributed by atoms with Gasteiger partial charge >= 0.3 is 6.09 Å². The van der Waals surface area contributed by atoms with Crippen molar-refractivity contribution in [3.05, 3.63) is 47.8 Å². The lowest BCUT2D eigenvalue weighted by atomic mass is 10.1. The summed E-state index contributed by atoms with van der Waals surface area (Å²) in [5, 5.41) is 34.7. The van der Waals surface area contributed by atoms with Gasteiger partial charge in [0.1, 0.15) is 11.8 Å². The van der Waals surface area contributed by atoms with Gasteiger partial charge in [0.25, 0.3) is 0 Å². The average Bonchev–Trinajstić information content (AvgIpc) is 3.30. The molecule has 0 unspecified atom stereocenters. The fourth-order valence-electron chi connectivity index (χ4n) is 3.00. The van der Waals surface area contributed by atoms with Crippen molar-refractivity contribution in [3.8, 4) is 11.8 Å². The number of nitriles is 1. The van der Waals surface area contributed by atoms with Crippen molar-refractivity contribution in [1.82, 2.24) is 30.3 Å². The monoisotopic (exact) mass is 455 g/mol. The molecule has 33 heavy (non-hydrogen) atoms. The topological polar surface area (TPSA) is 163 Å². The van der Waals surface area contributed by atoms with Crippen molar-refractivity contribution in [2.45, 2.75) is 25.9 Å². The van der Waals surface area contributed by atoms with Gasteiger partial charge in [-0.15, -0.1) is 4.80 Å². The van der Waals surface area contributed by atoms with E-state index < -0.39 is 24.0 Å². The number of carboxylic acid groups (broad SMARTS) is 1. The SMILES string of the molecule is COC[C@@H](Nc1nc(Nc2cnc(C)c(-n3nccn3)c2)c(C#N)cc1F)[C@H](C)NC(=O)O. The number of anilines is 3. The highest BCUT2D eigenvalue weighted by molar-refractivity contribution is 5.67. The number of carbonyl (C=O) groups is 1. The van der Waals surface area contributed by atoms with E-state index in [-0.39, 0.29) is 23.8 Å². The second-order valence-electron chi connectivity index (χ2n) is 7.04. The number of rotatable bonds is 9. The quantitative estimate of drug-likeness (QED) is 0.376. The third-order valence-electron chi connectivity index (χ3n) is 4.68. The van der Waals surface area contributed by atoms with Crippen LogP contribution in [0.1, 0.15) is 18.2 Å². The van der Waals surface area contributed by atoms with E-state index in [2.05, 4.69) is 36.1 Å². The van der Waals surface area contributed by atoms with Crippen LogP contribution in [0.15, 0.2) is 30.7 Å². The Hall–Kier alpha value is -4.31. The zero-order valence-electron chi connectivity index (χ0n) is 18.1. The summed E-state index contributed by atoms with van der Waals surface area (Å²) in [5.74, 6) is -0.864. The Bertz CT molecular complexity index is 1160. The first-order chi connectivity index (χ1) is 15.8. The fourth-order valence-corrected chi connectivity index (χ4v) is 3.00. The number of nitrogens with zero attached hydrogens (tertiary/aromatic N) is 6. The summed E-state index contributed by atoms with van der Waals surface area (Å²) in [6.07, 6.45) is 3.37. The maximum atomic E-state index is 14.7. The third-order valence-corrected chi connectivity index (χ3v) is 4.68. The van der Waals surface area contributed by atoms with Crippen LogP contribution in [0.3, 0.4) is 0 Å². The van der Waals surface area contributed by atoms with E-state index in [1.165, 1.54) is 30.5 Å². The number of amides is 1. The van der Waals surface area contributed by atoms with Crippen molar-refractivity contribution >= 4 is 23.4 Å². The van der Waals surface area contributed by atoms with Gasteiger partial charge in [-0.2, -0.15) is 15.5 Å². The molecule has 0 fully saturated rings. The minimum atomic E-state index is -1.23. The second kappa shape index (κ2) is 10.3. The molecular weight excluding hydrogens is 433 g/mol. The summed E-state index contributed by atoms with van der Waals surface area (Å²) in [6, 6.07) is 3.40. The highest BCUT2D eigenvalue weighted by atomic mass is 19.1. The molecule has 3 rings (SSSR count). The van der Waals surface area contributed by atoms with E-state index in [1.807, 2.05) is 6.07 Å². The zero-order chi connectivity index (χ0) is 24.0. The van der Waals surface area contributed by atoms with Gasteiger partial charge in [-0.25, -0.2) is 14.2 Å². The van der Waals surface area contributed by atoms with Crippen LogP contribution in [0, 0.1) is 24.1 Å². The zero-order valence-corrected chi connectivity index (χ0v) is 18.1. The van der Waals surface area contributed by atoms with Crippen LogP contribution in [0.5, 0.6) is 0 Å². The average molecular weight is 455 g/mol. The molecule has 3 aromatic heterocycles. The predicted octanol–water partition coefficient (Wildman–Crippen LogP) is 2.20. The molecule has 0 aliphatic rings. The molecule has 4 N–H and O–H groups in total. The number of hydrogen-bond acceptors (Lipinski definition) is 9. The summed E-state index contributed by atoms with van der Waals surface area (Å²) in [7, 11) is 1.44. The summed E-state index contributed by atoms with van der Waals surface area (Å²) < 4.78 is 19.8. The van der Waals surface area contributed by atoms with Crippen LogP contribution in [-0.2, 0) is 4.74 Å². The van der Waals surface area contributed by atoms with Gasteiger partial charge < -0.3 is 25.8 Å². The molecule has 2 atom stereocenters. The maximum absolute atomic E-state index is 14.7. The van der Waals surface area contributed by atoms with Crippen LogP contribution >= 0.6 is 0 Å². The predicted molar refractivity (Wildman–Crippen MR) is 116 cm³/mol. The molecular formula is C20H22FN9O3. The Morgan fingerprint density at radius 2 is 2.06 bits per heavy atom. The molecule has 0 aromatic carbocycles. The Labute approximate surface area is 188 Å². The van der Waals surface area contributed by atoms with Gasteiger partial charge in [0.2, 0.25) is 0 Å². The van der Waals surface area contributed by atoms with Crippen molar-refractivity contribution in [1.29, 1.82) is 5.26 Å². The first-order valence-electron chi connectivity index (χ1n) is 9.78. The van der Waals surface area contributed by atoms with Crippen molar-refractivity contribution in [3.63, 3.8) is 0 Å². The first kappa shape index (κ1) is 23.4. The number of hydrogen-bond donors (Lipinski definition) is 4. The Balaban J connectivity index is 1.92. The molecule has 0 spiro atoms. The van der Waals surface area contributed by atoms with E-state index in [0.29, 0.717) is 17.1 Å². The first-order valence-corrected chi connectivity index (χ1v) is 9.78. The van der Waals surface area contributed by atoms with Gasteiger partial charge in [-0.3, -0.25) is 4.98 Å². The molecule has 1 amide bonds. The molecule has 3 heterocycles. The molecule has 0 radical (unpaired) electrons. The maximum Gasteiger partial charge on any atom is 0.404 e. The lowest BCUT2D eigenvalue weighted by Gasteiger charge is -2.25. The smallest absolute Gasteiger partial charge is 0.404 e. The van der Waals surface area contributed by atoms with E-state index in [1.54, 1.807) is 19.9 Å². The van der Waals surface area contributed by atoms with Crippen molar-refractivity contribution < 1.29 is 19.0 Å². The fraction of sp³-hybridized carbons (Fsp3) is 0.300. The Kier molecular flexibility index (Phi) is 7.31. The van der Waals surface area contributed by atoms with Crippen LogP contribution in [0.25, 0.3) is 5.69 Å². The Morgan fingerprint density at radius 1 is 1.33 bits per heavy atom. The molecule has 0 bridgehead atoms. The lowest BCUT2D eigenvalue weighted by molar-refractivity contribution is 0.163.